The molecule has 208 valence electrons. The first kappa shape index (κ1) is 29.9. The van der Waals surface area contributed by atoms with Crippen LogP contribution in [0.15, 0.2) is 72.8 Å². The second kappa shape index (κ2) is 13.4. The van der Waals surface area contributed by atoms with E-state index in [4.69, 9.17) is 0 Å². The van der Waals surface area contributed by atoms with Gasteiger partial charge in [0.05, 0.1) is 11.9 Å². The van der Waals surface area contributed by atoms with Gasteiger partial charge in [0, 0.05) is 33.0 Å². The lowest BCUT2D eigenvalue weighted by molar-refractivity contribution is -0.141. The van der Waals surface area contributed by atoms with Crippen LogP contribution in [0.4, 0.5) is 5.69 Å². The minimum atomic E-state index is -3.55. The average molecular weight is 550 g/mol. The molecule has 7 nitrogen and oxygen atoms in total. The molecule has 0 aliphatic rings. The van der Waals surface area contributed by atoms with Gasteiger partial charge < -0.3 is 10.2 Å². The molecule has 1 N–H and O–H groups in total. The van der Waals surface area contributed by atoms with Gasteiger partial charge in [-0.1, -0.05) is 66.2 Å². The molecule has 0 radical (unpaired) electrons. The zero-order valence-corrected chi connectivity index (χ0v) is 24.3. The normalized spacial score (nSPS) is 12.0. The van der Waals surface area contributed by atoms with Gasteiger partial charge >= 0.3 is 0 Å². The van der Waals surface area contributed by atoms with Crippen LogP contribution < -0.4 is 9.62 Å². The zero-order valence-electron chi connectivity index (χ0n) is 23.5. The molecule has 1 atom stereocenters. The number of rotatable bonds is 12. The maximum atomic E-state index is 13.7. The highest BCUT2D eigenvalue weighted by Crippen LogP contribution is 2.23. The van der Waals surface area contributed by atoms with E-state index in [0.29, 0.717) is 18.5 Å². The van der Waals surface area contributed by atoms with Gasteiger partial charge in [0.2, 0.25) is 21.8 Å². The Labute approximate surface area is 232 Å². The molecule has 0 bridgehead atoms. The summed E-state index contributed by atoms with van der Waals surface area (Å²) in [6, 6.07) is 22.3. The summed E-state index contributed by atoms with van der Waals surface area (Å²) in [4.78, 5) is 28.4. The smallest absolute Gasteiger partial charge is 0.242 e. The van der Waals surface area contributed by atoms with Crippen LogP contribution in [0.5, 0.6) is 0 Å². The van der Waals surface area contributed by atoms with Gasteiger partial charge in [-0.05, 0) is 61.6 Å². The Morgan fingerprint density at radius 3 is 2.13 bits per heavy atom. The number of carbonyl (C=O) groups excluding carboxylic acids is 2. The Bertz CT molecular complexity index is 1370. The minimum Gasteiger partial charge on any atom is -0.357 e. The molecule has 0 saturated heterocycles. The highest BCUT2D eigenvalue weighted by atomic mass is 32.2. The summed E-state index contributed by atoms with van der Waals surface area (Å²) in [7, 11) is -1.98. The van der Waals surface area contributed by atoms with Gasteiger partial charge in [0.25, 0.3) is 0 Å². The van der Waals surface area contributed by atoms with Crippen LogP contribution in [0.25, 0.3) is 0 Å². The van der Waals surface area contributed by atoms with Crippen LogP contribution in [-0.2, 0) is 32.6 Å². The molecule has 0 saturated carbocycles. The Kier molecular flexibility index (Phi) is 10.3. The van der Waals surface area contributed by atoms with Gasteiger partial charge in [-0.25, -0.2) is 8.42 Å². The van der Waals surface area contributed by atoms with E-state index in [1.807, 2.05) is 87.5 Å². The van der Waals surface area contributed by atoms with Crippen LogP contribution in [0.2, 0.25) is 0 Å². The van der Waals surface area contributed by atoms with E-state index in [1.165, 1.54) is 10.6 Å². The number of sulfonamides is 1. The molecule has 8 heteroatoms. The number of anilines is 1. The molecule has 39 heavy (non-hydrogen) atoms. The van der Waals surface area contributed by atoms with Crippen molar-refractivity contribution in [2.45, 2.75) is 52.6 Å². The number of aryl methyl sites for hydroxylation is 3. The van der Waals surface area contributed by atoms with E-state index in [0.717, 1.165) is 27.8 Å². The average Bonchev–Trinajstić information content (AvgIpc) is 2.90. The molecular weight excluding hydrogens is 510 g/mol. The highest BCUT2D eigenvalue weighted by Gasteiger charge is 2.30. The monoisotopic (exact) mass is 549 g/mol. The van der Waals surface area contributed by atoms with Crippen LogP contribution in [0, 0.1) is 20.8 Å². The van der Waals surface area contributed by atoms with E-state index in [9.17, 15) is 18.0 Å². The van der Waals surface area contributed by atoms with E-state index >= 15 is 0 Å². The number of amides is 2. The number of likely N-dealkylation sites (N-methyl/N-ethyl adjacent to an activating group) is 1. The summed E-state index contributed by atoms with van der Waals surface area (Å²) in [5, 5.41) is 2.72. The molecule has 1 unspecified atom stereocenters. The predicted molar refractivity (Wildman–Crippen MR) is 157 cm³/mol. The van der Waals surface area contributed by atoms with Crippen molar-refractivity contribution < 1.29 is 18.0 Å². The number of benzene rings is 3. The predicted octanol–water partition coefficient (Wildman–Crippen LogP) is 4.54. The standard InChI is InChI=1S/C31H39N3O4S/c1-23-13-16-27(17-14-23)22-33(29(31(36)32-4)21-26-10-7-6-8-11-26)30(35)12-9-19-34(39(5,37)38)28-18-15-24(2)25(3)20-28/h6-8,10-11,13-18,20,29H,9,12,19,21-22H2,1-5H3,(H,32,36). The third kappa shape index (κ3) is 8.42. The lowest BCUT2D eigenvalue weighted by Gasteiger charge is -2.31. The van der Waals surface area contributed by atoms with Gasteiger partial charge in [-0.3, -0.25) is 13.9 Å². The van der Waals surface area contributed by atoms with Crippen molar-refractivity contribution in [2.24, 2.45) is 0 Å². The number of hydrogen-bond acceptors (Lipinski definition) is 4. The molecule has 0 aliphatic carbocycles. The summed E-state index contributed by atoms with van der Waals surface area (Å²) in [5.41, 5.74) is 5.63. The van der Waals surface area contributed by atoms with E-state index < -0.39 is 16.1 Å². The third-order valence-corrected chi connectivity index (χ3v) is 8.12. The lowest BCUT2D eigenvalue weighted by Crippen LogP contribution is -2.49. The minimum absolute atomic E-state index is 0.102. The van der Waals surface area contributed by atoms with Crippen molar-refractivity contribution in [3.05, 3.63) is 101 Å². The van der Waals surface area contributed by atoms with Gasteiger partial charge in [-0.15, -0.1) is 0 Å². The summed E-state index contributed by atoms with van der Waals surface area (Å²) in [5.74, 6) is -0.444. The van der Waals surface area contributed by atoms with Crippen molar-refractivity contribution in [3.63, 3.8) is 0 Å². The first-order chi connectivity index (χ1) is 18.5. The Hall–Kier alpha value is -3.65. The molecule has 0 fully saturated rings. The molecular formula is C31H39N3O4S. The molecule has 3 rings (SSSR count). The first-order valence-electron chi connectivity index (χ1n) is 13.1. The fourth-order valence-electron chi connectivity index (χ4n) is 4.50. The van der Waals surface area contributed by atoms with Gasteiger partial charge in [0.15, 0.2) is 0 Å². The first-order valence-corrected chi connectivity index (χ1v) is 15.0. The second-order valence-electron chi connectivity index (χ2n) is 10.0. The summed E-state index contributed by atoms with van der Waals surface area (Å²) in [6.45, 7) is 6.35. The Morgan fingerprint density at radius 2 is 1.54 bits per heavy atom. The number of hydrogen-bond donors (Lipinski definition) is 1. The number of carbonyl (C=O) groups is 2. The lowest BCUT2D eigenvalue weighted by atomic mass is 10.0. The molecule has 0 aromatic heterocycles. The van der Waals surface area contributed by atoms with E-state index in [1.54, 1.807) is 18.0 Å². The highest BCUT2D eigenvalue weighted by molar-refractivity contribution is 7.92. The van der Waals surface area contributed by atoms with Gasteiger partial charge in [0.1, 0.15) is 6.04 Å². The van der Waals surface area contributed by atoms with Crippen LogP contribution in [0.1, 0.15) is 40.7 Å². The number of nitrogens with one attached hydrogen (secondary N) is 1. The SMILES string of the molecule is CNC(=O)C(Cc1ccccc1)N(Cc1ccc(C)cc1)C(=O)CCCN(c1ccc(C)c(C)c1)S(C)(=O)=O. The van der Waals surface area contributed by atoms with Crippen LogP contribution in [0.3, 0.4) is 0 Å². The maximum absolute atomic E-state index is 13.7. The summed E-state index contributed by atoms with van der Waals surface area (Å²) in [6.07, 6.45) is 1.96. The Morgan fingerprint density at radius 1 is 0.872 bits per heavy atom. The molecule has 0 spiro atoms. The van der Waals surface area contributed by atoms with Gasteiger partial charge in [-0.2, -0.15) is 0 Å². The fourth-order valence-corrected chi connectivity index (χ4v) is 5.45. The Balaban J connectivity index is 1.84. The van der Waals surface area contributed by atoms with E-state index in [2.05, 4.69) is 5.32 Å². The van der Waals surface area contributed by atoms with Crippen molar-refractivity contribution in [1.29, 1.82) is 0 Å². The van der Waals surface area contributed by atoms with E-state index in [-0.39, 0.29) is 31.3 Å². The molecule has 0 aliphatic heterocycles. The van der Waals surface area contributed by atoms with Crippen molar-refractivity contribution in [1.82, 2.24) is 10.2 Å². The zero-order chi connectivity index (χ0) is 28.6. The summed E-state index contributed by atoms with van der Waals surface area (Å²) >= 11 is 0. The molecule has 3 aromatic rings. The molecule has 3 aromatic carbocycles. The van der Waals surface area contributed by atoms with Crippen molar-refractivity contribution in [3.8, 4) is 0 Å². The quantitative estimate of drug-likeness (QED) is 0.359. The van der Waals surface area contributed by atoms with Crippen LogP contribution >= 0.6 is 0 Å². The van der Waals surface area contributed by atoms with Crippen molar-refractivity contribution >= 4 is 27.5 Å². The van der Waals surface area contributed by atoms with Crippen LogP contribution in [-0.4, -0.2) is 51.0 Å². The topological polar surface area (TPSA) is 86.8 Å². The second-order valence-corrected chi connectivity index (χ2v) is 11.9. The fraction of sp³-hybridized carbons (Fsp3) is 0.355. The summed E-state index contributed by atoms with van der Waals surface area (Å²) < 4.78 is 26.6. The van der Waals surface area contributed by atoms with Crippen molar-refractivity contribution in [2.75, 3.05) is 24.2 Å². The molecule has 0 heterocycles. The molecule has 2 amide bonds. The third-order valence-electron chi connectivity index (χ3n) is 6.92. The maximum Gasteiger partial charge on any atom is 0.242 e. The number of nitrogens with zero attached hydrogens (tertiary/aromatic N) is 2. The largest absolute Gasteiger partial charge is 0.357 e.